The van der Waals surface area contributed by atoms with Crippen molar-refractivity contribution in [1.29, 1.82) is 0 Å². The molecule has 0 bridgehead atoms. The molecule has 0 aliphatic rings. The minimum atomic E-state index is 0. The zero-order valence-corrected chi connectivity index (χ0v) is 7.17. The summed E-state index contributed by atoms with van der Waals surface area (Å²) in [7, 11) is 1.99. The van der Waals surface area contributed by atoms with Gasteiger partial charge in [-0.2, -0.15) is 0 Å². The first-order chi connectivity index (χ1) is 5.33. The third-order valence-corrected chi connectivity index (χ3v) is 1.88. The molecule has 0 heterocycles. The fourth-order valence-corrected chi connectivity index (χ4v) is 1.07. The Bertz CT molecular complexity index is 198. The predicted octanol–water partition coefficient (Wildman–Crippen LogP) is 1.19. The van der Waals surface area contributed by atoms with Gasteiger partial charge >= 0.3 is 29.6 Å². The monoisotopic (exact) mass is 173 g/mol. The molecule has 62 valence electrons. The standard InChI is InChI=1S/C10H15N.Na.H/c1-9(11-2)8-10-6-4-3-5-7-10;;/h3-7,9,11H,8H2,1-2H3;;. The van der Waals surface area contributed by atoms with Crippen molar-refractivity contribution in [2.75, 3.05) is 7.05 Å². The van der Waals surface area contributed by atoms with E-state index in [9.17, 15) is 0 Å². The maximum absolute atomic E-state index is 3.21. The molecule has 1 nitrogen and oxygen atoms in total. The molecule has 0 saturated heterocycles. The van der Waals surface area contributed by atoms with E-state index in [1.165, 1.54) is 5.56 Å². The van der Waals surface area contributed by atoms with Gasteiger partial charge in [0.15, 0.2) is 0 Å². The van der Waals surface area contributed by atoms with Crippen LogP contribution in [-0.4, -0.2) is 42.6 Å². The Morgan fingerprint density at radius 1 is 1.25 bits per heavy atom. The van der Waals surface area contributed by atoms with E-state index < -0.39 is 0 Å². The van der Waals surface area contributed by atoms with E-state index in [-0.39, 0.29) is 29.6 Å². The summed E-state index contributed by atoms with van der Waals surface area (Å²) >= 11 is 0. The first-order valence-corrected chi connectivity index (χ1v) is 4.04. The summed E-state index contributed by atoms with van der Waals surface area (Å²) in [6.45, 7) is 2.19. The molecule has 1 N–H and O–H groups in total. The molecule has 1 unspecified atom stereocenters. The molecule has 0 aliphatic carbocycles. The van der Waals surface area contributed by atoms with Gasteiger partial charge in [-0.25, -0.2) is 0 Å². The average molecular weight is 173 g/mol. The van der Waals surface area contributed by atoms with Crippen LogP contribution in [0.25, 0.3) is 0 Å². The van der Waals surface area contributed by atoms with Crippen LogP contribution in [0.4, 0.5) is 0 Å². The van der Waals surface area contributed by atoms with Gasteiger partial charge < -0.3 is 5.32 Å². The summed E-state index contributed by atoms with van der Waals surface area (Å²) in [6, 6.07) is 11.1. The van der Waals surface area contributed by atoms with Crippen LogP contribution in [0.2, 0.25) is 0 Å². The number of hydrogen-bond acceptors (Lipinski definition) is 1. The number of hydrogen-bond donors (Lipinski definition) is 1. The predicted molar refractivity (Wildman–Crippen MR) is 55.8 cm³/mol. The molecule has 1 aromatic rings. The van der Waals surface area contributed by atoms with Crippen LogP contribution in [-0.2, 0) is 6.42 Å². The third kappa shape index (κ3) is 4.27. The minimum absolute atomic E-state index is 0. The van der Waals surface area contributed by atoms with Gasteiger partial charge in [-0.1, -0.05) is 30.3 Å². The second-order valence-corrected chi connectivity index (χ2v) is 2.88. The SMILES string of the molecule is CNC(C)Cc1ccccc1.[NaH]. The van der Waals surface area contributed by atoms with Crippen molar-refractivity contribution in [3.05, 3.63) is 35.9 Å². The van der Waals surface area contributed by atoms with Gasteiger partial charge in [0.1, 0.15) is 0 Å². The van der Waals surface area contributed by atoms with Crippen LogP contribution in [0.1, 0.15) is 12.5 Å². The van der Waals surface area contributed by atoms with E-state index in [4.69, 9.17) is 0 Å². The zero-order chi connectivity index (χ0) is 8.10. The van der Waals surface area contributed by atoms with Crippen LogP contribution in [0.15, 0.2) is 30.3 Å². The topological polar surface area (TPSA) is 12.0 Å². The van der Waals surface area contributed by atoms with Gasteiger partial charge in [0.2, 0.25) is 0 Å². The first-order valence-electron chi connectivity index (χ1n) is 4.04. The van der Waals surface area contributed by atoms with E-state index in [1.807, 2.05) is 13.1 Å². The normalized spacial score (nSPS) is 11.8. The van der Waals surface area contributed by atoms with Gasteiger partial charge in [0.05, 0.1) is 0 Å². The van der Waals surface area contributed by atoms with Gasteiger partial charge in [-0.15, -0.1) is 0 Å². The molecule has 0 amide bonds. The van der Waals surface area contributed by atoms with E-state index in [0.29, 0.717) is 6.04 Å². The summed E-state index contributed by atoms with van der Waals surface area (Å²) in [5.74, 6) is 0. The molecule has 0 aromatic heterocycles. The quantitative estimate of drug-likeness (QED) is 0.677. The van der Waals surface area contributed by atoms with Crippen LogP contribution >= 0.6 is 0 Å². The van der Waals surface area contributed by atoms with Crippen molar-refractivity contribution >= 4 is 29.6 Å². The molecule has 1 rings (SSSR count). The molecule has 1 atom stereocenters. The maximum atomic E-state index is 3.21. The molecule has 0 aliphatic heterocycles. The molecule has 0 saturated carbocycles. The van der Waals surface area contributed by atoms with Gasteiger partial charge in [0, 0.05) is 6.04 Å². The number of likely N-dealkylation sites (N-methyl/N-ethyl adjacent to an activating group) is 1. The van der Waals surface area contributed by atoms with E-state index >= 15 is 0 Å². The van der Waals surface area contributed by atoms with E-state index in [0.717, 1.165) is 6.42 Å². The number of benzene rings is 1. The summed E-state index contributed by atoms with van der Waals surface area (Å²) in [6.07, 6.45) is 1.11. The molecule has 0 radical (unpaired) electrons. The van der Waals surface area contributed by atoms with Crippen molar-refractivity contribution in [1.82, 2.24) is 5.32 Å². The van der Waals surface area contributed by atoms with Gasteiger partial charge in [0.25, 0.3) is 0 Å². The Labute approximate surface area is 96.9 Å². The Morgan fingerprint density at radius 2 is 1.83 bits per heavy atom. The summed E-state index contributed by atoms with van der Waals surface area (Å²) in [5.41, 5.74) is 1.40. The summed E-state index contributed by atoms with van der Waals surface area (Å²) < 4.78 is 0. The number of rotatable bonds is 3. The molecule has 0 spiro atoms. The van der Waals surface area contributed by atoms with E-state index in [2.05, 4.69) is 36.5 Å². The molecule has 0 fully saturated rings. The molecule has 2 heteroatoms. The fraction of sp³-hybridized carbons (Fsp3) is 0.400. The van der Waals surface area contributed by atoms with Crippen LogP contribution in [0, 0.1) is 0 Å². The van der Waals surface area contributed by atoms with Crippen LogP contribution in [0.5, 0.6) is 0 Å². The third-order valence-electron chi connectivity index (χ3n) is 1.88. The molecule has 1 aromatic carbocycles. The summed E-state index contributed by atoms with van der Waals surface area (Å²) in [5, 5.41) is 3.21. The zero-order valence-electron chi connectivity index (χ0n) is 7.17. The van der Waals surface area contributed by atoms with Crippen LogP contribution in [0.3, 0.4) is 0 Å². The fourth-order valence-electron chi connectivity index (χ4n) is 1.07. The Morgan fingerprint density at radius 3 is 2.33 bits per heavy atom. The average Bonchev–Trinajstić information content (AvgIpc) is 2.06. The number of nitrogens with one attached hydrogen (secondary N) is 1. The Hall–Kier alpha value is 0.180. The Kier molecular flexibility index (Phi) is 6.77. The second-order valence-electron chi connectivity index (χ2n) is 2.88. The summed E-state index contributed by atoms with van der Waals surface area (Å²) in [4.78, 5) is 0. The van der Waals surface area contributed by atoms with Crippen molar-refractivity contribution in [3.8, 4) is 0 Å². The molecular formula is C10H16NNa. The van der Waals surface area contributed by atoms with E-state index in [1.54, 1.807) is 0 Å². The van der Waals surface area contributed by atoms with Crippen molar-refractivity contribution in [2.24, 2.45) is 0 Å². The first kappa shape index (κ1) is 12.2. The Balaban J connectivity index is 0.00000121. The van der Waals surface area contributed by atoms with Crippen molar-refractivity contribution in [2.45, 2.75) is 19.4 Å². The van der Waals surface area contributed by atoms with Crippen LogP contribution < -0.4 is 5.32 Å². The van der Waals surface area contributed by atoms with Gasteiger partial charge in [-0.3, -0.25) is 0 Å². The molecule has 12 heavy (non-hydrogen) atoms. The van der Waals surface area contributed by atoms with Crippen molar-refractivity contribution < 1.29 is 0 Å². The van der Waals surface area contributed by atoms with Gasteiger partial charge in [-0.05, 0) is 26.0 Å². The second kappa shape index (κ2) is 6.67. The molecular weight excluding hydrogens is 157 g/mol. The van der Waals surface area contributed by atoms with Crippen molar-refractivity contribution in [3.63, 3.8) is 0 Å².